The SMILES string of the molecule is Cc1cccn1Cc1cc(Cl)ccc1Cl. The summed E-state index contributed by atoms with van der Waals surface area (Å²) in [6.07, 6.45) is 2.03. The molecule has 78 valence electrons. The van der Waals surface area contributed by atoms with E-state index in [0.29, 0.717) is 0 Å². The molecule has 0 aliphatic carbocycles. The molecule has 3 heteroatoms. The van der Waals surface area contributed by atoms with E-state index >= 15 is 0 Å². The lowest BCUT2D eigenvalue weighted by molar-refractivity contribution is 0.777. The van der Waals surface area contributed by atoms with Crippen LogP contribution in [0.5, 0.6) is 0 Å². The highest BCUT2D eigenvalue weighted by atomic mass is 35.5. The zero-order valence-corrected chi connectivity index (χ0v) is 9.89. The van der Waals surface area contributed by atoms with E-state index < -0.39 is 0 Å². The average Bonchev–Trinajstić information content (AvgIpc) is 2.58. The molecule has 0 saturated heterocycles. The van der Waals surface area contributed by atoms with Crippen LogP contribution >= 0.6 is 23.2 Å². The minimum atomic E-state index is 0.721. The number of hydrogen-bond acceptors (Lipinski definition) is 0. The van der Waals surface area contributed by atoms with Crippen LogP contribution in [0.25, 0.3) is 0 Å². The van der Waals surface area contributed by atoms with Crippen LogP contribution < -0.4 is 0 Å². The third-order valence-electron chi connectivity index (χ3n) is 2.40. The highest BCUT2D eigenvalue weighted by molar-refractivity contribution is 6.33. The summed E-state index contributed by atoms with van der Waals surface area (Å²) >= 11 is 12.0. The first-order chi connectivity index (χ1) is 7.16. The van der Waals surface area contributed by atoms with E-state index in [4.69, 9.17) is 23.2 Å². The van der Waals surface area contributed by atoms with Crippen LogP contribution in [0.4, 0.5) is 0 Å². The second kappa shape index (κ2) is 4.30. The van der Waals surface area contributed by atoms with Gasteiger partial charge in [-0.2, -0.15) is 0 Å². The average molecular weight is 240 g/mol. The van der Waals surface area contributed by atoms with Gasteiger partial charge in [0.1, 0.15) is 0 Å². The summed E-state index contributed by atoms with van der Waals surface area (Å²) < 4.78 is 2.14. The minimum Gasteiger partial charge on any atom is -0.347 e. The molecule has 0 saturated carbocycles. The second-order valence-corrected chi connectivity index (χ2v) is 4.36. The quantitative estimate of drug-likeness (QED) is 0.743. The molecule has 1 nitrogen and oxygen atoms in total. The van der Waals surface area contributed by atoms with Gasteiger partial charge in [-0.1, -0.05) is 23.2 Å². The van der Waals surface area contributed by atoms with Crippen LogP contribution in [0.1, 0.15) is 11.3 Å². The van der Waals surface area contributed by atoms with Gasteiger partial charge in [-0.3, -0.25) is 0 Å². The van der Waals surface area contributed by atoms with E-state index in [1.165, 1.54) is 5.69 Å². The van der Waals surface area contributed by atoms with Crippen LogP contribution in [0.15, 0.2) is 36.5 Å². The number of benzene rings is 1. The van der Waals surface area contributed by atoms with Crippen molar-refractivity contribution in [3.63, 3.8) is 0 Å². The van der Waals surface area contributed by atoms with E-state index in [2.05, 4.69) is 17.6 Å². The van der Waals surface area contributed by atoms with Crippen LogP contribution in [-0.4, -0.2) is 4.57 Å². The fourth-order valence-corrected chi connectivity index (χ4v) is 1.90. The first kappa shape index (κ1) is 10.6. The van der Waals surface area contributed by atoms with Gasteiger partial charge in [0.25, 0.3) is 0 Å². The Morgan fingerprint density at radius 1 is 1.20 bits per heavy atom. The largest absolute Gasteiger partial charge is 0.347 e. The molecule has 0 unspecified atom stereocenters. The maximum Gasteiger partial charge on any atom is 0.0488 e. The Kier molecular flexibility index (Phi) is 3.03. The summed E-state index contributed by atoms with van der Waals surface area (Å²) in [4.78, 5) is 0. The van der Waals surface area contributed by atoms with Crippen molar-refractivity contribution < 1.29 is 0 Å². The minimum absolute atomic E-state index is 0.721. The third kappa shape index (κ3) is 2.36. The first-order valence-corrected chi connectivity index (χ1v) is 5.48. The molecular formula is C12H11Cl2N. The number of halogens is 2. The molecular weight excluding hydrogens is 229 g/mol. The Morgan fingerprint density at radius 2 is 2.00 bits per heavy atom. The van der Waals surface area contributed by atoms with Crippen molar-refractivity contribution in [1.29, 1.82) is 0 Å². The molecule has 2 aromatic rings. The zero-order valence-electron chi connectivity index (χ0n) is 8.37. The predicted molar refractivity (Wildman–Crippen MR) is 64.7 cm³/mol. The normalized spacial score (nSPS) is 10.6. The first-order valence-electron chi connectivity index (χ1n) is 4.72. The topological polar surface area (TPSA) is 4.93 Å². The molecule has 0 aliphatic heterocycles. The van der Waals surface area contributed by atoms with Gasteiger partial charge in [0.05, 0.1) is 0 Å². The summed E-state index contributed by atoms with van der Waals surface area (Å²) in [7, 11) is 0. The molecule has 15 heavy (non-hydrogen) atoms. The van der Waals surface area contributed by atoms with Crippen molar-refractivity contribution in [3.05, 3.63) is 57.8 Å². The van der Waals surface area contributed by atoms with Crippen molar-refractivity contribution in [2.24, 2.45) is 0 Å². The monoisotopic (exact) mass is 239 g/mol. The molecule has 0 fully saturated rings. The smallest absolute Gasteiger partial charge is 0.0488 e. The predicted octanol–water partition coefficient (Wildman–Crippen LogP) is 4.15. The lowest BCUT2D eigenvalue weighted by Gasteiger charge is -2.08. The molecule has 0 aliphatic rings. The number of rotatable bonds is 2. The number of hydrogen-bond donors (Lipinski definition) is 0. The lowest BCUT2D eigenvalue weighted by atomic mass is 10.2. The Morgan fingerprint density at radius 3 is 2.67 bits per heavy atom. The lowest BCUT2D eigenvalue weighted by Crippen LogP contribution is -2.00. The number of aryl methyl sites for hydroxylation is 1. The fraction of sp³-hybridized carbons (Fsp3) is 0.167. The molecule has 0 bridgehead atoms. The van der Waals surface area contributed by atoms with Gasteiger partial charge >= 0.3 is 0 Å². The molecule has 0 radical (unpaired) electrons. The molecule has 1 heterocycles. The maximum atomic E-state index is 6.09. The van der Waals surface area contributed by atoms with Crippen molar-refractivity contribution >= 4 is 23.2 Å². The van der Waals surface area contributed by atoms with E-state index in [-0.39, 0.29) is 0 Å². The van der Waals surface area contributed by atoms with Gasteiger partial charge in [0.15, 0.2) is 0 Å². The van der Waals surface area contributed by atoms with E-state index in [1.807, 2.05) is 24.4 Å². The molecule has 0 amide bonds. The van der Waals surface area contributed by atoms with E-state index in [9.17, 15) is 0 Å². The van der Waals surface area contributed by atoms with Crippen molar-refractivity contribution in [3.8, 4) is 0 Å². The van der Waals surface area contributed by atoms with Crippen LogP contribution in [0, 0.1) is 6.92 Å². The summed E-state index contributed by atoms with van der Waals surface area (Å²) in [6.45, 7) is 2.83. The Labute approximate surface area is 99.2 Å². The maximum absolute atomic E-state index is 6.09. The van der Waals surface area contributed by atoms with Gasteiger partial charge in [-0.25, -0.2) is 0 Å². The van der Waals surface area contributed by atoms with Gasteiger partial charge in [-0.15, -0.1) is 0 Å². The summed E-state index contributed by atoms with van der Waals surface area (Å²) in [5.74, 6) is 0. The Balaban J connectivity index is 2.32. The molecule has 2 rings (SSSR count). The van der Waals surface area contributed by atoms with Crippen LogP contribution in [0.3, 0.4) is 0 Å². The van der Waals surface area contributed by atoms with Gasteiger partial charge < -0.3 is 4.57 Å². The highest BCUT2D eigenvalue weighted by Gasteiger charge is 2.03. The van der Waals surface area contributed by atoms with Crippen molar-refractivity contribution in [1.82, 2.24) is 4.57 Å². The van der Waals surface area contributed by atoms with Crippen LogP contribution in [0.2, 0.25) is 10.0 Å². The molecule has 1 aromatic carbocycles. The van der Waals surface area contributed by atoms with E-state index in [1.54, 1.807) is 6.07 Å². The third-order valence-corrected chi connectivity index (χ3v) is 3.01. The zero-order chi connectivity index (χ0) is 10.8. The van der Waals surface area contributed by atoms with Crippen LogP contribution in [-0.2, 0) is 6.54 Å². The summed E-state index contributed by atoms with van der Waals surface area (Å²) in [6, 6.07) is 9.63. The number of nitrogens with zero attached hydrogens (tertiary/aromatic N) is 1. The van der Waals surface area contributed by atoms with E-state index in [0.717, 1.165) is 22.2 Å². The Hall–Kier alpha value is -0.920. The fourth-order valence-electron chi connectivity index (χ4n) is 1.52. The second-order valence-electron chi connectivity index (χ2n) is 3.51. The number of aromatic nitrogens is 1. The summed E-state index contributed by atoms with van der Waals surface area (Å²) in [5, 5.41) is 1.48. The highest BCUT2D eigenvalue weighted by Crippen LogP contribution is 2.21. The van der Waals surface area contributed by atoms with Crippen molar-refractivity contribution in [2.75, 3.05) is 0 Å². The molecule has 0 atom stereocenters. The molecule has 0 N–H and O–H groups in total. The van der Waals surface area contributed by atoms with Gasteiger partial charge in [-0.05, 0) is 42.8 Å². The molecule has 0 spiro atoms. The molecule has 1 aromatic heterocycles. The standard InChI is InChI=1S/C12H11Cl2N/c1-9-3-2-6-15(9)8-10-7-11(13)4-5-12(10)14/h2-7H,8H2,1H3. The summed E-state index contributed by atoms with van der Waals surface area (Å²) in [5.41, 5.74) is 2.26. The van der Waals surface area contributed by atoms with Crippen molar-refractivity contribution in [2.45, 2.75) is 13.5 Å². The Bertz CT molecular complexity index is 474. The van der Waals surface area contributed by atoms with Gasteiger partial charge in [0.2, 0.25) is 0 Å². The van der Waals surface area contributed by atoms with Gasteiger partial charge in [0, 0.05) is 28.5 Å².